The van der Waals surface area contributed by atoms with Crippen LogP contribution in [0.4, 0.5) is 11.4 Å². The number of hydrogen-bond donors (Lipinski definition) is 0. The monoisotopic (exact) mass is 468 g/mol. The van der Waals surface area contributed by atoms with Gasteiger partial charge in [-0.3, -0.25) is 9.67 Å². The Bertz CT molecular complexity index is 1400. The van der Waals surface area contributed by atoms with Crippen molar-refractivity contribution in [2.75, 3.05) is 32.6 Å². The second kappa shape index (κ2) is 8.68. The van der Waals surface area contributed by atoms with Crippen molar-refractivity contribution in [1.29, 1.82) is 0 Å². The summed E-state index contributed by atoms with van der Waals surface area (Å²) in [5.74, 6) is 0.922. The van der Waals surface area contributed by atoms with Crippen LogP contribution in [0, 0.1) is 0 Å². The zero-order valence-electron chi connectivity index (χ0n) is 18.9. The molecule has 0 aliphatic heterocycles. The van der Waals surface area contributed by atoms with E-state index in [0.717, 1.165) is 9.87 Å². The molecule has 4 aromatic rings. The van der Waals surface area contributed by atoms with E-state index in [4.69, 9.17) is 9.47 Å². The zero-order valence-corrected chi connectivity index (χ0v) is 19.7. The third-order valence-corrected chi connectivity index (χ3v) is 6.83. The lowest BCUT2D eigenvalue weighted by atomic mass is 10.2. The van der Waals surface area contributed by atoms with Crippen molar-refractivity contribution in [3.8, 4) is 22.8 Å². The van der Waals surface area contributed by atoms with Gasteiger partial charge in [-0.15, -0.1) is 0 Å². The quantitative estimate of drug-likeness (QED) is 0.411. The minimum atomic E-state index is -3.93. The molecule has 0 saturated heterocycles. The second-order valence-corrected chi connectivity index (χ2v) is 9.45. The maximum absolute atomic E-state index is 13.4. The van der Waals surface area contributed by atoms with E-state index in [1.54, 1.807) is 53.5 Å². The Morgan fingerprint density at radius 1 is 0.909 bits per heavy atom. The molecule has 0 fully saturated rings. The predicted octanol–water partition coefficient (Wildman–Crippen LogP) is 2.99. The highest BCUT2D eigenvalue weighted by molar-refractivity contribution is 7.90. The van der Waals surface area contributed by atoms with Gasteiger partial charge in [-0.1, -0.05) is 0 Å². The summed E-state index contributed by atoms with van der Waals surface area (Å²) >= 11 is 0. The SMILES string of the molecule is COc1cc(OC)cc(N(c2ccc3ncc(-c4cnn(C)c4)nc3c2)S(=O)(=O)N(C)C)c1. The molecule has 2 aromatic carbocycles. The van der Waals surface area contributed by atoms with Crippen LogP contribution in [0.3, 0.4) is 0 Å². The fraction of sp³-hybridized carbons (Fsp3) is 0.227. The molecule has 11 heteroatoms. The molecule has 0 saturated carbocycles. The van der Waals surface area contributed by atoms with Crippen LogP contribution in [0.1, 0.15) is 0 Å². The Balaban J connectivity index is 1.91. The maximum Gasteiger partial charge on any atom is 0.307 e. The molecule has 0 aliphatic rings. The molecule has 2 aromatic heterocycles. The van der Waals surface area contributed by atoms with E-state index in [1.165, 1.54) is 32.6 Å². The number of methoxy groups -OCH3 is 2. The van der Waals surface area contributed by atoms with E-state index in [2.05, 4.69) is 15.1 Å². The molecule has 0 atom stereocenters. The summed E-state index contributed by atoms with van der Waals surface area (Å²) in [4.78, 5) is 9.16. The molecule has 33 heavy (non-hydrogen) atoms. The average Bonchev–Trinajstić information content (AvgIpc) is 3.24. The molecule has 2 heterocycles. The van der Waals surface area contributed by atoms with E-state index in [9.17, 15) is 8.42 Å². The molecule has 0 N–H and O–H groups in total. The van der Waals surface area contributed by atoms with Crippen LogP contribution in [-0.2, 0) is 17.3 Å². The molecule has 0 aliphatic carbocycles. The molecule has 0 amide bonds. The zero-order chi connectivity index (χ0) is 23.8. The number of nitrogens with zero attached hydrogens (tertiary/aromatic N) is 6. The fourth-order valence-electron chi connectivity index (χ4n) is 3.31. The lowest BCUT2D eigenvalue weighted by Crippen LogP contribution is -2.37. The first-order valence-electron chi connectivity index (χ1n) is 9.94. The Labute approximate surface area is 192 Å². The highest BCUT2D eigenvalue weighted by Crippen LogP contribution is 2.36. The first kappa shape index (κ1) is 22.5. The molecule has 4 rings (SSSR count). The average molecular weight is 469 g/mol. The summed E-state index contributed by atoms with van der Waals surface area (Å²) in [5.41, 5.74) is 3.38. The van der Waals surface area contributed by atoms with Gasteiger partial charge in [0.25, 0.3) is 0 Å². The molecule has 172 valence electrons. The largest absolute Gasteiger partial charge is 0.497 e. The van der Waals surface area contributed by atoms with Gasteiger partial charge in [0.05, 0.1) is 54.7 Å². The Morgan fingerprint density at radius 3 is 2.18 bits per heavy atom. The minimum absolute atomic E-state index is 0.357. The van der Waals surface area contributed by atoms with Crippen molar-refractivity contribution < 1.29 is 17.9 Å². The normalized spacial score (nSPS) is 11.7. The van der Waals surface area contributed by atoms with Gasteiger partial charge in [-0.05, 0) is 18.2 Å². The predicted molar refractivity (Wildman–Crippen MR) is 126 cm³/mol. The Morgan fingerprint density at radius 2 is 1.61 bits per heavy atom. The van der Waals surface area contributed by atoms with Crippen LogP contribution in [0.25, 0.3) is 22.3 Å². The van der Waals surface area contributed by atoms with Crippen molar-refractivity contribution in [2.45, 2.75) is 0 Å². The van der Waals surface area contributed by atoms with E-state index in [-0.39, 0.29) is 0 Å². The van der Waals surface area contributed by atoms with Gasteiger partial charge < -0.3 is 9.47 Å². The maximum atomic E-state index is 13.4. The Hall–Kier alpha value is -3.70. The second-order valence-electron chi connectivity index (χ2n) is 7.46. The number of benzene rings is 2. The van der Waals surface area contributed by atoms with Gasteiger partial charge in [-0.2, -0.15) is 17.8 Å². The Kier molecular flexibility index (Phi) is 5.91. The first-order chi connectivity index (χ1) is 15.7. The van der Waals surface area contributed by atoms with Crippen LogP contribution < -0.4 is 13.8 Å². The van der Waals surface area contributed by atoms with Gasteiger partial charge >= 0.3 is 10.2 Å². The molecule has 10 nitrogen and oxygen atoms in total. The highest BCUT2D eigenvalue weighted by atomic mass is 32.2. The van der Waals surface area contributed by atoms with E-state index >= 15 is 0 Å². The molecule has 0 unspecified atom stereocenters. The van der Waals surface area contributed by atoms with Gasteiger partial charge in [0, 0.05) is 51.1 Å². The number of aromatic nitrogens is 4. The third-order valence-electron chi connectivity index (χ3n) is 5.02. The van der Waals surface area contributed by atoms with Crippen LogP contribution in [-0.4, -0.2) is 60.8 Å². The van der Waals surface area contributed by atoms with Crippen molar-refractivity contribution in [3.05, 3.63) is 55.0 Å². The number of aryl methyl sites for hydroxylation is 1. The van der Waals surface area contributed by atoms with Crippen LogP contribution in [0.5, 0.6) is 11.5 Å². The lowest BCUT2D eigenvalue weighted by molar-refractivity contribution is 0.394. The first-order valence-corrected chi connectivity index (χ1v) is 11.3. The molecular weight excluding hydrogens is 444 g/mol. The molecule has 0 spiro atoms. The lowest BCUT2D eigenvalue weighted by Gasteiger charge is -2.28. The standard InChI is InChI=1S/C22H24N6O4S/c1-26(2)33(29,30)28(17-8-18(31-4)11-19(9-17)32-5)16-6-7-20-21(10-16)25-22(13-23-20)15-12-24-27(3)14-15/h6-14H,1-5H3. The van der Waals surface area contributed by atoms with E-state index in [0.29, 0.717) is 39.6 Å². The summed E-state index contributed by atoms with van der Waals surface area (Å²) < 4.78 is 41.5. The van der Waals surface area contributed by atoms with Crippen LogP contribution >= 0.6 is 0 Å². The summed E-state index contributed by atoms with van der Waals surface area (Å²) in [5, 5.41) is 4.17. The topological polar surface area (TPSA) is 103 Å². The number of rotatable bonds is 7. The van der Waals surface area contributed by atoms with Gasteiger partial charge in [0.1, 0.15) is 11.5 Å². The fourth-order valence-corrected chi connectivity index (χ4v) is 4.39. The van der Waals surface area contributed by atoms with Crippen molar-refractivity contribution >= 4 is 32.6 Å². The van der Waals surface area contributed by atoms with E-state index < -0.39 is 10.2 Å². The summed E-state index contributed by atoms with van der Waals surface area (Å²) in [6.45, 7) is 0. The number of fused-ring (bicyclic) bond motifs is 1. The third kappa shape index (κ3) is 4.32. The number of ether oxygens (including phenoxy) is 2. The summed E-state index contributed by atoms with van der Waals surface area (Å²) in [6, 6.07) is 10.1. The summed E-state index contributed by atoms with van der Waals surface area (Å²) in [7, 11) is 3.86. The van der Waals surface area contributed by atoms with E-state index in [1.807, 2.05) is 13.2 Å². The van der Waals surface area contributed by atoms with Crippen molar-refractivity contribution in [2.24, 2.45) is 7.05 Å². The molecule has 0 radical (unpaired) electrons. The smallest absolute Gasteiger partial charge is 0.307 e. The van der Waals surface area contributed by atoms with Gasteiger partial charge in [-0.25, -0.2) is 9.29 Å². The molecule has 0 bridgehead atoms. The van der Waals surface area contributed by atoms with Gasteiger partial charge in [0.15, 0.2) is 0 Å². The van der Waals surface area contributed by atoms with Crippen LogP contribution in [0.15, 0.2) is 55.0 Å². The van der Waals surface area contributed by atoms with Crippen molar-refractivity contribution in [1.82, 2.24) is 24.1 Å². The van der Waals surface area contributed by atoms with Gasteiger partial charge in [0.2, 0.25) is 0 Å². The van der Waals surface area contributed by atoms with Crippen molar-refractivity contribution in [3.63, 3.8) is 0 Å². The minimum Gasteiger partial charge on any atom is -0.497 e. The van der Waals surface area contributed by atoms with Crippen LogP contribution in [0.2, 0.25) is 0 Å². The summed E-state index contributed by atoms with van der Waals surface area (Å²) in [6.07, 6.45) is 5.20. The number of hydrogen-bond acceptors (Lipinski definition) is 7. The number of anilines is 2. The highest BCUT2D eigenvalue weighted by Gasteiger charge is 2.28. The molecular formula is C22H24N6O4S.